The molecule has 2 aromatic heterocycles. The van der Waals surface area contributed by atoms with Gasteiger partial charge in [0, 0.05) is 29.4 Å². The van der Waals surface area contributed by atoms with Gasteiger partial charge in [0.1, 0.15) is 0 Å². The number of aromatic amines is 2. The van der Waals surface area contributed by atoms with Crippen molar-refractivity contribution >= 4 is 5.91 Å². The lowest BCUT2D eigenvalue weighted by atomic mass is 9.93. The molecule has 0 bridgehead atoms. The summed E-state index contributed by atoms with van der Waals surface area (Å²) in [4.78, 5) is 12.5. The largest absolute Gasteiger partial charge is 0.347 e. The molecule has 0 aromatic carbocycles. The highest BCUT2D eigenvalue weighted by Crippen LogP contribution is 2.23. The van der Waals surface area contributed by atoms with E-state index in [1.165, 1.54) is 12.0 Å². The molecule has 1 atom stereocenters. The third kappa shape index (κ3) is 2.24. The highest BCUT2D eigenvalue weighted by Gasteiger charge is 2.26. The van der Waals surface area contributed by atoms with Gasteiger partial charge in [-0.05, 0) is 44.1 Å². The van der Waals surface area contributed by atoms with Crippen molar-refractivity contribution in [3.8, 4) is 0 Å². The van der Waals surface area contributed by atoms with Crippen LogP contribution in [-0.2, 0) is 25.7 Å². The minimum atomic E-state index is -0.0395. The Bertz CT molecular complexity index is 671. The zero-order valence-corrected chi connectivity index (χ0v) is 11.9. The van der Waals surface area contributed by atoms with Gasteiger partial charge in [0.25, 0.3) is 5.91 Å². The molecular weight excluding hydrogens is 266 g/mol. The van der Waals surface area contributed by atoms with Crippen molar-refractivity contribution in [1.82, 2.24) is 25.7 Å². The lowest BCUT2D eigenvalue weighted by Gasteiger charge is -2.22. The van der Waals surface area contributed by atoms with Gasteiger partial charge in [-0.25, -0.2) is 0 Å². The van der Waals surface area contributed by atoms with Gasteiger partial charge in [0.2, 0.25) is 0 Å². The molecule has 6 nitrogen and oxygen atoms in total. The highest BCUT2D eigenvalue weighted by atomic mass is 16.2. The second-order valence-corrected chi connectivity index (χ2v) is 6.02. The van der Waals surface area contributed by atoms with Crippen LogP contribution >= 0.6 is 0 Å². The van der Waals surface area contributed by atoms with E-state index < -0.39 is 0 Å². The molecule has 0 fully saturated rings. The van der Waals surface area contributed by atoms with E-state index in [4.69, 9.17) is 0 Å². The van der Waals surface area contributed by atoms with E-state index in [9.17, 15) is 4.79 Å². The van der Waals surface area contributed by atoms with E-state index in [1.54, 1.807) is 0 Å². The van der Waals surface area contributed by atoms with Crippen molar-refractivity contribution in [2.24, 2.45) is 0 Å². The fourth-order valence-electron chi connectivity index (χ4n) is 3.45. The number of nitrogens with zero attached hydrogens (tertiary/aromatic N) is 2. The molecule has 0 aliphatic heterocycles. The average Bonchev–Trinajstić information content (AvgIpc) is 3.13. The molecule has 2 heterocycles. The predicted octanol–water partition coefficient (Wildman–Crippen LogP) is 1.30. The molecule has 0 spiro atoms. The second kappa shape index (κ2) is 5.02. The van der Waals surface area contributed by atoms with Crippen LogP contribution in [0, 0.1) is 0 Å². The monoisotopic (exact) mass is 285 g/mol. The molecular formula is C15H19N5O. The summed E-state index contributed by atoms with van der Waals surface area (Å²) in [5.74, 6) is -0.0395. The molecule has 110 valence electrons. The van der Waals surface area contributed by atoms with Gasteiger partial charge >= 0.3 is 0 Å². The molecule has 0 saturated carbocycles. The van der Waals surface area contributed by atoms with Crippen LogP contribution < -0.4 is 5.32 Å². The van der Waals surface area contributed by atoms with Crippen LogP contribution in [0.1, 0.15) is 52.3 Å². The number of aryl methyl sites for hydroxylation is 2. The van der Waals surface area contributed by atoms with E-state index in [1.807, 2.05) is 6.20 Å². The minimum Gasteiger partial charge on any atom is -0.347 e. The first-order valence-electron chi connectivity index (χ1n) is 7.69. The van der Waals surface area contributed by atoms with E-state index in [2.05, 4.69) is 25.7 Å². The summed E-state index contributed by atoms with van der Waals surface area (Å²) in [7, 11) is 0. The second-order valence-electron chi connectivity index (χ2n) is 6.02. The van der Waals surface area contributed by atoms with Gasteiger partial charge in [-0.2, -0.15) is 10.2 Å². The summed E-state index contributed by atoms with van der Waals surface area (Å²) in [6, 6.07) is 0.168. The zero-order valence-electron chi connectivity index (χ0n) is 11.9. The number of nitrogens with one attached hydrogen (secondary N) is 3. The first-order valence-corrected chi connectivity index (χ1v) is 7.69. The number of hydrogen-bond acceptors (Lipinski definition) is 3. The number of rotatable bonds is 2. The molecule has 0 radical (unpaired) electrons. The molecule has 0 saturated heterocycles. The number of hydrogen-bond donors (Lipinski definition) is 3. The number of amides is 1. The molecule has 2 aliphatic carbocycles. The van der Waals surface area contributed by atoms with Crippen molar-refractivity contribution in [3.63, 3.8) is 0 Å². The highest BCUT2D eigenvalue weighted by molar-refractivity contribution is 5.94. The lowest BCUT2D eigenvalue weighted by Crippen LogP contribution is -2.39. The zero-order chi connectivity index (χ0) is 14.2. The van der Waals surface area contributed by atoms with Crippen LogP contribution in [0.2, 0.25) is 0 Å². The van der Waals surface area contributed by atoms with Gasteiger partial charge < -0.3 is 5.32 Å². The number of fused-ring (bicyclic) bond motifs is 2. The Morgan fingerprint density at radius 2 is 2.10 bits per heavy atom. The molecule has 2 aromatic rings. The van der Waals surface area contributed by atoms with Crippen molar-refractivity contribution in [2.75, 3.05) is 0 Å². The Kier molecular flexibility index (Phi) is 3.02. The van der Waals surface area contributed by atoms with E-state index in [0.717, 1.165) is 55.5 Å². The number of carbonyl (C=O) groups excluding carboxylic acids is 1. The minimum absolute atomic E-state index is 0.0395. The normalized spacial score (nSPS) is 20.7. The van der Waals surface area contributed by atoms with E-state index >= 15 is 0 Å². The lowest BCUT2D eigenvalue weighted by molar-refractivity contribution is 0.0927. The summed E-state index contributed by atoms with van der Waals surface area (Å²) >= 11 is 0. The van der Waals surface area contributed by atoms with Crippen LogP contribution in [0.15, 0.2) is 6.20 Å². The average molecular weight is 285 g/mol. The molecule has 3 N–H and O–H groups in total. The summed E-state index contributed by atoms with van der Waals surface area (Å²) in [6.07, 6.45) is 8.95. The van der Waals surface area contributed by atoms with Gasteiger partial charge in [-0.1, -0.05) is 0 Å². The Hall–Kier alpha value is -2.11. The molecule has 0 unspecified atom stereocenters. The van der Waals surface area contributed by atoms with Crippen molar-refractivity contribution < 1.29 is 4.79 Å². The smallest absolute Gasteiger partial charge is 0.272 e. The van der Waals surface area contributed by atoms with Gasteiger partial charge in [-0.15, -0.1) is 0 Å². The van der Waals surface area contributed by atoms with E-state index in [0.29, 0.717) is 5.69 Å². The summed E-state index contributed by atoms with van der Waals surface area (Å²) in [5, 5.41) is 17.5. The van der Waals surface area contributed by atoms with E-state index in [-0.39, 0.29) is 11.9 Å². The third-order valence-corrected chi connectivity index (χ3v) is 4.63. The van der Waals surface area contributed by atoms with Gasteiger partial charge in [0.05, 0.1) is 6.20 Å². The van der Waals surface area contributed by atoms with Crippen LogP contribution in [0.4, 0.5) is 0 Å². The first-order chi connectivity index (χ1) is 10.3. The maximum atomic E-state index is 12.5. The Morgan fingerprint density at radius 3 is 3.05 bits per heavy atom. The Labute approximate surface area is 122 Å². The van der Waals surface area contributed by atoms with Crippen molar-refractivity contribution in [3.05, 3.63) is 34.4 Å². The standard InChI is InChI=1S/C15H19N5O/c21-15(14-11-3-1-2-4-12(11)19-20-14)17-10-6-5-9-8-16-18-13(9)7-10/h8,10H,1-7H2,(H,16,18)(H,17,21)(H,19,20)/t10-/m1/s1. The summed E-state index contributed by atoms with van der Waals surface area (Å²) in [5.41, 5.74) is 5.29. The Balaban J connectivity index is 1.48. The van der Waals surface area contributed by atoms with Crippen LogP contribution in [0.25, 0.3) is 0 Å². The van der Waals surface area contributed by atoms with Crippen LogP contribution in [0.3, 0.4) is 0 Å². The fourth-order valence-corrected chi connectivity index (χ4v) is 3.45. The van der Waals surface area contributed by atoms with Gasteiger partial charge in [0.15, 0.2) is 5.69 Å². The number of carbonyl (C=O) groups is 1. The SMILES string of the molecule is O=C(N[C@@H]1CCc2cn[nH]c2C1)c1n[nH]c2c1CCCC2. The number of H-pyrrole nitrogens is 2. The molecule has 4 rings (SSSR count). The predicted molar refractivity (Wildman–Crippen MR) is 77.1 cm³/mol. The first kappa shape index (κ1) is 12.6. The fraction of sp³-hybridized carbons (Fsp3) is 0.533. The van der Waals surface area contributed by atoms with Gasteiger partial charge in [-0.3, -0.25) is 15.0 Å². The van der Waals surface area contributed by atoms with Crippen molar-refractivity contribution in [2.45, 2.75) is 51.0 Å². The quantitative estimate of drug-likeness (QED) is 0.777. The maximum Gasteiger partial charge on any atom is 0.272 e. The Morgan fingerprint density at radius 1 is 1.19 bits per heavy atom. The molecule has 1 amide bonds. The van der Waals surface area contributed by atoms with Crippen LogP contribution in [0.5, 0.6) is 0 Å². The third-order valence-electron chi connectivity index (χ3n) is 4.63. The van der Waals surface area contributed by atoms with Crippen LogP contribution in [-0.4, -0.2) is 32.3 Å². The summed E-state index contributed by atoms with van der Waals surface area (Å²) in [6.45, 7) is 0. The maximum absolute atomic E-state index is 12.5. The summed E-state index contributed by atoms with van der Waals surface area (Å²) < 4.78 is 0. The molecule has 21 heavy (non-hydrogen) atoms. The molecule has 2 aliphatic rings. The molecule has 6 heteroatoms. The van der Waals surface area contributed by atoms with Crippen molar-refractivity contribution in [1.29, 1.82) is 0 Å². The number of aromatic nitrogens is 4. The topological polar surface area (TPSA) is 86.5 Å².